The van der Waals surface area contributed by atoms with E-state index in [-0.39, 0.29) is 11.7 Å². The zero-order chi connectivity index (χ0) is 11.4. The average molecular weight is 211 g/mol. The number of aliphatic carboxylic acids is 1. The predicted molar refractivity (Wildman–Crippen MR) is 52.4 cm³/mol. The third kappa shape index (κ3) is 2.83. The van der Waals surface area contributed by atoms with Gasteiger partial charge < -0.3 is 14.8 Å². The molecule has 15 heavy (non-hydrogen) atoms. The standard InChI is InChI=1S/C10H13NO4/c1-6(2)8(10(13)14)11-9(12)7-4-3-5-15-7/h3-6,8H,1-2H3,(H,11,12)(H,13,14). The third-order valence-corrected chi connectivity index (χ3v) is 1.96. The van der Waals surface area contributed by atoms with Crippen LogP contribution >= 0.6 is 0 Å². The van der Waals surface area contributed by atoms with Gasteiger partial charge in [0, 0.05) is 0 Å². The molecule has 1 aromatic rings. The Labute approximate surface area is 87.1 Å². The topological polar surface area (TPSA) is 79.5 Å². The Kier molecular flexibility index (Phi) is 3.49. The van der Waals surface area contributed by atoms with Crippen molar-refractivity contribution in [3.8, 4) is 0 Å². The number of carboxylic acid groups (broad SMARTS) is 1. The first kappa shape index (κ1) is 11.3. The largest absolute Gasteiger partial charge is 0.480 e. The highest BCUT2D eigenvalue weighted by molar-refractivity contribution is 5.94. The van der Waals surface area contributed by atoms with Gasteiger partial charge in [-0.1, -0.05) is 13.8 Å². The molecule has 1 atom stereocenters. The maximum Gasteiger partial charge on any atom is 0.326 e. The highest BCUT2D eigenvalue weighted by Crippen LogP contribution is 2.05. The Bertz CT molecular complexity index is 342. The number of hydrogen-bond acceptors (Lipinski definition) is 3. The van der Waals surface area contributed by atoms with Crippen LogP contribution in [0.25, 0.3) is 0 Å². The van der Waals surface area contributed by atoms with Crippen molar-refractivity contribution in [2.45, 2.75) is 19.9 Å². The van der Waals surface area contributed by atoms with Crippen molar-refractivity contribution >= 4 is 11.9 Å². The second kappa shape index (κ2) is 4.63. The average Bonchev–Trinajstić information content (AvgIpc) is 2.65. The second-order valence-corrected chi connectivity index (χ2v) is 3.51. The smallest absolute Gasteiger partial charge is 0.326 e. The molecule has 0 fully saturated rings. The Balaban J connectivity index is 2.67. The third-order valence-electron chi connectivity index (χ3n) is 1.96. The normalized spacial score (nSPS) is 12.5. The molecule has 1 aromatic heterocycles. The van der Waals surface area contributed by atoms with Crippen LogP contribution in [0, 0.1) is 5.92 Å². The lowest BCUT2D eigenvalue weighted by Crippen LogP contribution is -2.44. The summed E-state index contributed by atoms with van der Waals surface area (Å²) in [6.45, 7) is 3.45. The minimum atomic E-state index is -1.05. The van der Waals surface area contributed by atoms with Crippen LogP contribution in [-0.4, -0.2) is 23.0 Å². The molecule has 0 radical (unpaired) electrons. The van der Waals surface area contributed by atoms with Gasteiger partial charge in [0.2, 0.25) is 0 Å². The van der Waals surface area contributed by atoms with Crippen molar-refractivity contribution in [3.05, 3.63) is 24.2 Å². The van der Waals surface area contributed by atoms with Gasteiger partial charge in [0.1, 0.15) is 6.04 Å². The fourth-order valence-corrected chi connectivity index (χ4v) is 1.13. The first-order valence-corrected chi connectivity index (χ1v) is 4.59. The number of nitrogens with one attached hydrogen (secondary N) is 1. The first-order valence-electron chi connectivity index (χ1n) is 4.59. The molecular weight excluding hydrogens is 198 g/mol. The second-order valence-electron chi connectivity index (χ2n) is 3.51. The van der Waals surface area contributed by atoms with Crippen molar-refractivity contribution in [1.82, 2.24) is 5.32 Å². The van der Waals surface area contributed by atoms with E-state index in [0.717, 1.165) is 0 Å². The minimum absolute atomic E-state index is 0.113. The number of amides is 1. The zero-order valence-corrected chi connectivity index (χ0v) is 8.56. The molecular formula is C10H13NO4. The summed E-state index contributed by atoms with van der Waals surface area (Å²) in [7, 11) is 0. The molecule has 1 heterocycles. The van der Waals surface area contributed by atoms with Crippen molar-refractivity contribution in [2.75, 3.05) is 0 Å². The van der Waals surface area contributed by atoms with Crippen molar-refractivity contribution < 1.29 is 19.1 Å². The van der Waals surface area contributed by atoms with Gasteiger partial charge in [0.05, 0.1) is 6.26 Å². The van der Waals surface area contributed by atoms with Crippen LogP contribution in [0.3, 0.4) is 0 Å². The number of carboxylic acids is 1. The summed E-state index contributed by atoms with van der Waals surface area (Å²) in [5.74, 6) is -1.63. The van der Waals surface area contributed by atoms with Gasteiger partial charge in [-0.2, -0.15) is 0 Å². The van der Waals surface area contributed by atoms with E-state index >= 15 is 0 Å². The Morgan fingerprint density at radius 1 is 1.47 bits per heavy atom. The lowest BCUT2D eigenvalue weighted by molar-refractivity contribution is -0.140. The Hall–Kier alpha value is -1.78. The molecule has 0 aliphatic carbocycles. The lowest BCUT2D eigenvalue weighted by Gasteiger charge is -2.16. The number of carbonyl (C=O) groups is 2. The maximum atomic E-state index is 11.5. The summed E-state index contributed by atoms with van der Waals surface area (Å²) in [5.41, 5.74) is 0. The van der Waals surface area contributed by atoms with Gasteiger partial charge in [0.15, 0.2) is 5.76 Å². The van der Waals surface area contributed by atoms with Gasteiger partial charge in [-0.25, -0.2) is 4.79 Å². The Morgan fingerprint density at radius 2 is 2.13 bits per heavy atom. The summed E-state index contributed by atoms with van der Waals surface area (Å²) in [5, 5.41) is 11.2. The van der Waals surface area contributed by atoms with E-state index in [1.165, 1.54) is 12.3 Å². The molecule has 0 aliphatic rings. The molecule has 82 valence electrons. The van der Waals surface area contributed by atoms with Gasteiger partial charge in [-0.05, 0) is 18.1 Å². The molecule has 1 amide bonds. The fraction of sp³-hybridized carbons (Fsp3) is 0.400. The van der Waals surface area contributed by atoms with Crippen LogP contribution in [0.5, 0.6) is 0 Å². The van der Waals surface area contributed by atoms with Crippen LogP contribution in [-0.2, 0) is 4.79 Å². The highest BCUT2D eigenvalue weighted by atomic mass is 16.4. The van der Waals surface area contributed by atoms with Gasteiger partial charge >= 0.3 is 5.97 Å². The van der Waals surface area contributed by atoms with E-state index in [0.29, 0.717) is 0 Å². The molecule has 5 nitrogen and oxygen atoms in total. The highest BCUT2D eigenvalue weighted by Gasteiger charge is 2.24. The van der Waals surface area contributed by atoms with Gasteiger partial charge in [0.25, 0.3) is 5.91 Å². The van der Waals surface area contributed by atoms with Crippen LogP contribution in [0.15, 0.2) is 22.8 Å². The van der Waals surface area contributed by atoms with Crippen LogP contribution in [0.2, 0.25) is 0 Å². The van der Waals surface area contributed by atoms with Gasteiger partial charge in [-0.15, -0.1) is 0 Å². The monoisotopic (exact) mass is 211 g/mol. The van der Waals surface area contributed by atoms with Gasteiger partial charge in [-0.3, -0.25) is 4.79 Å². The quantitative estimate of drug-likeness (QED) is 0.782. The molecule has 0 spiro atoms. The summed E-state index contributed by atoms with van der Waals surface area (Å²) in [6, 6.07) is 2.15. The van der Waals surface area contributed by atoms with E-state index in [2.05, 4.69) is 5.32 Å². The van der Waals surface area contributed by atoms with E-state index in [1.54, 1.807) is 19.9 Å². The predicted octanol–water partition coefficient (Wildman–Crippen LogP) is 1.12. The molecule has 0 saturated heterocycles. The molecule has 0 aliphatic heterocycles. The molecule has 1 unspecified atom stereocenters. The van der Waals surface area contributed by atoms with E-state index in [1.807, 2.05) is 0 Å². The maximum absolute atomic E-state index is 11.5. The van der Waals surface area contributed by atoms with Crippen molar-refractivity contribution in [3.63, 3.8) is 0 Å². The SMILES string of the molecule is CC(C)C(NC(=O)c1ccco1)C(=O)O. The molecule has 0 saturated carbocycles. The molecule has 0 bridgehead atoms. The lowest BCUT2D eigenvalue weighted by atomic mass is 10.0. The Morgan fingerprint density at radius 3 is 2.53 bits per heavy atom. The number of rotatable bonds is 4. The number of hydrogen-bond donors (Lipinski definition) is 2. The first-order chi connectivity index (χ1) is 7.02. The van der Waals surface area contributed by atoms with Crippen molar-refractivity contribution in [2.24, 2.45) is 5.92 Å². The van der Waals surface area contributed by atoms with E-state index in [4.69, 9.17) is 9.52 Å². The van der Waals surface area contributed by atoms with Crippen molar-refractivity contribution in [1.29, 1.82) is 0 Å². The number of carbonyl (C=O) groups excluding carboxylic acids is 1. The number of furan rings is 1. The van der Waals surface area contributed by atoms with Crippen LogP contribution in [0.1, 0.15) is 24.4 Å². The van der Waals surface area contributed by atoms with Crippen LogP contribution in [0.4, 0.5) is 0 Å². The zero-order valence-electron chi connectivity index (χ0n) is 8.56. The summed E-state index contributed by atoms with van der Waals surface area (Å²) in [4.78, 5) is 22.3. The van der Waals surface area contributed by atoms with E-state index in [9.17, 15) is 9.59 Å². The molecule has 2 N–H and O–H groups in total. The molecule has 1 rings (SSSR count). The van der Waals surface area contributed by atoms with Crippen LogP contribution < -0.4 is 5.32 Å². The van der Waals surface area contributed by atoms with E-state index < -0.39 is 17.9 Å². The minimum Gasteiger partial charge on any atom is -0.480 e. The summed E-state index contributed by atoms with van der Waals surface area (Å²) < 4.78 is 4.85. The molecule has 5 heteroatoms. The fourth-order valence-electron chi connectivity index (χ4n) is 1.13. The molecule has 0 aromatic carbocycles. The summed E-state index contributed by atoms with van der Waals surface area (Å²) >= 11 is 0. The summed E-state index contributed by atoms with van der Waals surface area (Å²) in [6.07, 6.45) is 1.36.